The molecule has 0 fully saturated rings. The number of carbonyl (C=O) groups excluding carboxylic acids is 1. The van der Waals surface area contributed by atoms with E-state index in [4.69, 9.17) is 0 Å². The summed E-state index contributed by atoms with van der Waals surface area (Å²) in [5, 5.41) is 0. The van der Waals surface area contributed by atoms with Gasteiger partial charge in [0.25, 0.3) is 0 Å². The molecular formula is C19H15F3O2S. The number of benzene rings is 2. The number of cyclic esters (lactones) is 1. The maximum Gasteiger partial charge on any atom is 0.449 e. The third-order valence-corrected chi connectivity index (χ3v) is 5.38. The fraction of sp³-hybridized carbons (Fsp3) is 0.211. The molecule has 0 saturated heterocycles. The van der Waals surface area contributed by atoms with E-state index in [-0.39, 0.29) is 0 Å². The first-order valence-corrected chi connectivity index (χ1v) is 8.42. The van der Waals surface area contributed by atoms with Crippen LogP contribution < -0.4 is 0 Å². The summed E-state index contributed by atoms with van der Waals surface area (Å²) >= 11 is 1.20. The Labute approximate surface area is 147 Å². The molecule has 0 aliphatic carbocycles. The van der Waals surface area contributed by atoms with E-state index in [0.717, 1.165) is 11.0 Å². The first-order valence-electron chi connectivity index (χ1n) is 7.61. The fourth-order valence-corrected chi connectivity index (χ4v) is 3.98. The number of hydrogen-bond donors (Lipinski definition) is 0. The highest BCUT2D eigenvalue weighted by Crippen LogP contribution is 2.49. The molecule has 3 rings (SSSR count). The Kier molecular flexibility index (Phi) is 4.64. The molecule has 1 aliphatic heterocycles. The molecule has 0 aromatic heterocycles. The summed E-state index contributed by atoms with van der Waals surface area (Å²) in [6.45, 7) is 1.62. The van der Waals surface area contributed by atoms with Crippen molar-refractivity contribution in [1.82, 2.24) is 0 Å². The first-order chi connectivity index (χ1) is 11.8. The highest BCUT2D eigenvalue weighted by Gasteiger charge is 2.52. The summed E-state index contributed by atoms with van der Waals surface area (Å²) in [6, 6.07) is 17.8. The van der Waals surface area contributed by atoms with Gasteiger partial charge in [0.15, 0.2) is 0 Å². The summed E-state index contributed by atoms with van der Waals surface area (Å²) in [6.07, 6.45) is -3.70. The molecule has 0 radical (unpaired) electrons. The SMILES string of the molecule is C[C@@]1(Sc2ccccc2)C(=O)OC(C(F)(F)F)=C[C@H]1c1ccccc1. The minimum atomic E-state index is -4.71. The van der Waals surface area contributed by atoms with E-state index < -0.39 is 28.6 Å². The van der Waals surface area contributed by atoms with Gasteiger partial charge in [0, 0.05) is 10.8 Å². The largest absolute Gasteiger partial charge is 0.449 e. The van der Waals surface area contributed by atoms with Crippen LogP contribution in [0.3, 0.4) is 0 Å². The Bertz CT molecular complexity index is 787. The minimum Gasteiger partial charge on any atom is -0.421 e. The summed E-state index contributed by atoms with van der Waals surface area (Å²) < 4.78 is 42.8. The third-order valence-electron chi connectivity index (χ3n) is 4.03. The number of esters is 1. The van der Waals surface area contributed by atoms with Crippen LogP contribution in [-0.4, -0.2) is 16.9 Å². The van der Waals surface area contributed by atoms with Crippen molar-refractivity contribution in [2.24, 2.45) is 0 Å². The predicted octanol–water partition coefficient (Wildman–Crippen LogP) is 5.32. The number of hydrogen-bond acceptors (Lipinski definition) is 3. The number of rotatable bonds is 3. The highest BCUT2D eigenvalue weighted by atomic mass is 32.2. The fourth-order valence-electron chi connectivity index (χ4n) is 2.74. The Morgan fingerprint density at radius 2 is 1.56 bits per heavy atom. The Morgan fingerprint density at radius 3 is 2.12 bits per heavy atom. The molecule has 2 aromatic rings. The van der Waals surface area contributed by atoms with Crippen LogP contribution in [0.2, 0.25) is 0 Å². The standard InChI is InChI=1S/C19H15F3O2S/c1-18(25-14-10-6-3-7-11-14)15(13-8-4-2-5-9-13)12-16(19(20,21)22)24-17(18)23/h2-12,15H,1H3/t15-,18-/m0/s1. The van der Waals surface area contributed by atoms with Crippen LogP contribution in [0.1, 0.15) is 18.4 Å². The number of ether oxygens (including phenoxy) is 1. The lowest BCUT2D eigenvalue weighted by Gasteiger charge is -2.37. The average Bonchev–Trinajstić information content (AvgIpc) is 2.58. The minimum absolute atomic E-state index is 0.631. The van der Waals surface area contributed by atoms with Gasteiger partial charge in [-0.3, -0.25) is 4.79 Å². The summed E-state index contributed by atoms with van der Waals surface area (Å²) in [4.78, 5) is 13.4. The molecule has 0 bridgehead atoms. The van der Waals surface area contributed by atoms with Gasteiger partial charge in [-0.2, -0.15) is 13.2 Å². The van der Waals surface area contributed by atoms with Crippen molar-refractivity contribution in [3.8, 4) is 0 Å². The number of allylic oxidation sites excluding steroid dienone is 2. The van der Waals surface area contributed by atoms with E-state index >= 15 is 0 Å². The molecule has 2 aromatic carbocycles. The second-order valence-corrected chi connectivity index (χ2v) is 7.35. The van der Waals surface area contributed by atoms with Gasteiger partial charge in [0.2, 0.25) is 5.76 Å². The van der Waals surface area contributed by atoms with Crippen molar-refractivity contribution in [3.05, 3.63) is 78.1 Å². The van der Waals surface area contributed by atoms with Gasteiger partial charge in [-0.05, 0) is 30.7 Å². The maximum atomic E-state index is 13.1. The normalized spacial score (nSPS) is 23.8. The van der Waals surface area contributed by atoms with Crippen LogP contribution in [0.5, 0.6) is 0 Å². The number of thioether (sulfide) groups is 1. The molecule has 0 amide bonds. The molecule has 25 heavy (non-hydrogen) atoms. The zero-order valence-corrected chi connectivity index (χ0v) is 14.1. The monoisotopic (exact) mass is 364 g/mol. The predicted molar refractivity (Wildman–Crippen MR) is 90.1 cm³/mol. The Balaban J connectivity index is 2.08. The lowest BCUT2D eigenvalue weighted by molar-refractivity contribution is -0.165. The molecule has 130 valence electrons. The van der Waals surface area contributed by atoms with Crippen molar-refractivity contribution in [1.29, 1.82) is 0 Å². The molecule has 0 unspecified atom stereocenters. The van der Waals surface area contributed by atoms with Crippen LogP contribution in [0.4, 0.5) is 13.2 Å². The van der Waals surface area contributed by atoms with Crippen molar-refractivity contribution in [3.63, 3.8) is 0 Å². The highest BCUT2D eigenvalue weighted by molar-refractivity contribution is 8.01. The van der Waals surface area contributed by atoms with Gasteiger partial charge >= 0.3 is 12.1 Å². The number of halogens is 3. The average molecular weight is 364 g/mol. The molecule has 0 spiro atoms. The lowest BCUT2D eigenvalue weighted by atomic mass is 9.84. The second-order valence-electron chi connectivity index (χ2n) is 5.83. The van der Waals surface area contributed by atoms with E-state index in [1.165, 1.54) is 11.8 Å². The van der Waals surface area contributed by atoms with Crippen LogP contribution in [0.25, 0.3) is 0 Å². The van der Waals surface area contributed by atoms with Crippen LogP contribution in [0, 0.1) is 0 Å². The molecule has 6 heteroatoms. The van der Waals surface area contributed by atoms with Crippen molar-refractivity contribution >= 4 is 17.7 Å². The van der Waals surface area contributed by atoms with Crippen LogP contribution >= 0.6 is 11.8 Å². The summed E-state index contributed by atoms with van der Waals surface area (Å²) in [5.74, 6) is -2.92. The maximum absolute atomic E-state index is 13.1. The van der Waals surface area contributed by atoms with Gasteiger partial charge in [0.1, 0.15) is 4.75 Å². The van der Waals surface area contributed by atoms with E-state index in [9.17, 15) is 18.0 Å². The Morgan fingerprint density at radius 1 is 1.00 bits per heavy atom. The van der Waals surface area contributed by atoms with Gasteiger partial charge in [0.05, 0.1) is 0 Å². The van der Waals surface area contributed by atoms with Crippen molar-refractivity contribution in [2.45, 2.75) is 28.7 Å². The van der Waals surface area contributed by atoms with Gasteiger partial charge in [-0.1, -0.05) is 48.5 Å². The van der Waals surface area contributed by atoms with Gasteiger partial charge in [-0.15, -0.1) is 11.8 Å². The van der Waals surface area contributed by atoms with E-state index in [1.54, 1.807) is 37.3 Å². The zero-order valence-electron chi connectivity index (χ0n) is 13.3. The molecule has 0 N–H and O–H groups in total. The molecular weight excluding hydrogens is 349 g/mol. The van der Waals surface area contributed by atoms with E-state index in [2.05, 4.69) is 4.74 Å². The molecule has 2 nitrogen and oxygen atoms in total. The zero-order chi connectivity index (χ0) is 18.1. The summed E-state index contributed by atoms with van der Waals surface area (Å²) in [7, 11) is 0. The van der Waals surface area contributed by atoms with Crippen molar-refractivity contribution in [2.75, 3.05) is 0 Å². The quantitative estimate of drug-likeness (QED) is 0.689. The summed E-state index contributed by atoms with van der Waals surface area (Å²) in [5.41, 5.74) is 0.631. The van der Waals surface area contributed by atoms with Crippen molar-refractivity contribution < 1.29 is 22.7 Å². The van der Waals surface area contributed by atoms with E-state index in [1.807, 2.05) is 30.3 Å². The lowest BCUT2D eigenvalue weighted by Crippen LogP contribution is -2.44. The molecule has 1 heterocycles. The van der Waals surface area contributed by atoms with Crippen LogP contribution in [-0.2, 0) is 9.53 Å². The van der Waals surface area contributed by atoms with E-state index in [0.29, 0.717) is 5.56 Å². The Hall–Kier alpha value is -2.21. The second kappa shape index (κ2) is 6.59. The molecule has 2 atom stereocenters. The smallest absolute Gasteiger partial charge is 0.421 e. The number of carbonyl (C=O) groups is 1. The van der Waals surface area contributed by atoms with Gasteiger partial charge in [-0.25, -0.2) is 0 Å². The molecule has 1 aliphatic rings. The third kappa shape index (κ3) is 3.58. The topological polar surface area (TPSA) is 26.3 Å². The molecule has 0 saturated carbocycles. The first kappa shape index (κ1) is 17.6. The van der Waals surface area contributed by atoms with Gasteiger partial charge < -0.3 is 4.74 Å². The number of alkyl halides is 3. The van der Waals surface area contributed by atoms with Crippen LogP contribution in [0.15, 0.2) is 77.4 Å².